The molecule has 6 heteroatoms. The van der Waals surface area contributed by atoms with Crippen LogP contribution in [0.4, 0.5) is 0 Å². The SMILES string of the molecule is CCc1cnc(CNC(=NC)NCCCc2ccc(OC)cc2)s1. The van der Waals surface area contributed by atoms with E-state index in [9.17, 15) is 0 Å². The largest absolute Gasteiger partial charge is 0.497 e. The van der Waals surface area contributed by atoms with Crippen molar-refractivity contribution in [3.05, 3.63) is 45.9 Å². The van der Waals surface area contributed by atoms with Crippen LogP contribution in [0.25, 0.3) is 0 Å². The molecule has 2 aromatic rings. The first-order valence-corrected chi connectivity index (χ1v) is 9.07. The zero-order valence-corrected chi connectivity index (χ0v) is 15.4. The Morgan fingerprint density at radius 1 is 1.25 bits per heavy atom. The van der Waals surface area contributed by atoms with Crippen molar-refractivity contribution < 1.29 is 4.74 Å². The third kappa shape index (κ3) is 5.85. The van der Waals surface area contributed by atoms with Gasteiger partial charge in [-0.3, -0.25) is 4.99 Å². The first-order valence-electron chi connectivity index (χ1n) is 8.26. The maximum Gasteiger partial charge on any atom is 0.191 e. The van der Waals surface area contributed by atoms with Crippen LogP contribution in [-0.4, -0.2) is 31.6 Å². The lowest BCUT2D eigenvalue weighted by atomic mass is 10.1. The van der Waals surface area contributed by atoms with Crippen LogP contribution < -0.4 is 15.4 Å². The molecule has 0 bridgehead atoms. The van der Waals surface area contributed by atoms with Gasteiger partial charge in [0.25, 0.3) is 0 Å². The maximum atomic E-state index is 5.17. The van der Waals surface area contributed by atoms with Gasteiger partial charge < -0.3 is 15.4 Å². The third-order valence-corrected chi connectivity index (χ3v) is 4.82. The number of aryl methyl sites for hydroxylation is 2. The Kier molecular flexibility index (Phi) is 7.55. The predicted octanol–water partition coefficient (Wildman–Crippen LogP) is 3.01. The molecule has 1 aromatic carbocycles. The summed E-state index contributed by atoms with van der Waals surface area (Å²) in [6.45, 7) is 3.74. The van der Waals surface area contributed by atoms with Gasteiger partial charge in [0.15, 0.2) is 5.96 Å². The average molecular weight is 347 g/mol. The van der Waals surface area contributed by atoms with Crippen LogP contribution in [0, 0.1) is 0 Å². The van der Waals surface area contributed by atoms with Crippen molar-refractivity contribution in [2.75, 3.05) is 20.7 Å². The van der Waals surface area contributed by atoms with Crippen molar-refractivity contribution in [2.24, 2.45) is 4.99 Å². The van der Waals surface area contributed by atoms with E-state index in [0.29, 0.717) is 6.54 Å². The fourth-order valence-corrected chi connectivity index (χ4v) is 3.07. The molecular weight excluding hydrogens is 320 g/mol. The number of nitrogens with zero attached hydrogens (tertiary/aromatic N) is 2. The highest BCUT2D eigenvalue weighted by molar-refractivity contribution is 7.11. The molecule has 1 heterocycles. The van der Waals surface area contributed by atoms with Crippen LogP contribution in [0.2, 0.25) is 0 Å². The predicted molar refractivity (Wildman–Crippen MR) is 101 cm³/mol. The second-order valence-corrected chi connectivity index (χ2v) is 6.58. The lowest BCUT2D eigenvalue weighted by molar-refractivity contribution is 0.414. The molecule has 0 saturated carbocycles. The second kappa shape index (κ2) is 9.93. The number of aliphatic imine (C=N–C) groups is 1. The van der Waals surface area contributed by atoms with Crippen LogP contribution in [0.1, 0.15) is 28.8 Å². The first-order chi connectivity index (χ1) is 11.7. The molecular formula is C18H26N4OS. The van der Waals surface area contributed by atoms with Crippen LogP contribution >= 0.6 is 11.3 Å². The molecule has 0 spiro atoms. The molecule has 0 aliphatic carbocycles. The molecule has 0 atom stereocenters. The Balaban J connectivity index is 1.67. The number of ether oxygens (including phenoxy) is 1. The summed E-state index contributed by atoms with van der Waals surface area (Å²) in [4.78, 5) is 9.97. The summed E-state index contributed by atoms with van der Waals surface area (Å²) in [7, 11) is 3.48. The fraction of sp³-hybridized carbons (Fsp3) is 0.444. The summed E-state index contributed by atoms with van der Waals surface area (Å²) in [6.07, 6.45) is 5.06. The summed E-state index contributed by atoms with van der Waals surface area (Å²) in [6, 6.07) is 8.23. The molecule has 2 rings (SSSR count). The number of hydrogen-bond donors (Lipinski definition) is 2. The first kappa shape index (κ1) is 18.3. The van der Waals surface area contributed by atoms with Gasteiger partial charge in [-0.05, 0) is 37.0 Å². The van der Waals surface area contributed by atoms with Gasteiger partial charge in [0.2, 0.25) is 0 Å². The number of aromatic nitrogens is 1. The van der Waals surface area contributed by atoms with Gasteiger partial charge in [-0.25, -0.2) is 4.98 Å². The van der Waals surface area contributed by atoms with Crippen LogP contribution in [0.5, 0.6) is 5.75 Å². The van der Waals surface area contributed by atoms with Gasteiger partial charge >= 0.3 is 0 Å². The summed E-state index contributed by atoms with van der Waals surface area (Å²) in [5.41, 5.74) is 1.32. The van der Waals surface area contributed by atoms with E-state index in [1.54, 1.807) is 25.5 Å². The Morgan fingerprint density at radius 2 is 2.04 bits per heavy atom. The number of rotatable bonds is 8. The van der Waals surface area contributed by atoms with Crippen molar-refractivity contribution in [1.29, 1.82) is 0 Å². The molecule has 0 fully saturated rings. The van der Waals surface area contributed by atoms with Crippen molar-refractivity contribution in [3.63, 3.8) is 0 Å². The van der Waals surface area contributed by atoms with Crippen molar-refractivity contribution in [1.82, 2.24) is 15.6 Å². The second-order valence-electron chi connectivity index (χ2n) is 5.38. The minimum absolute atomic E-state index is 0.711. The topological polar surface area (TPSA) is 58.5 Å². The van der Waals surface area contributed by atoms with Gasteiger partial charge in [-0.1, -0.05) is 19.1 Å². The van der Waals surface area contributed by atoms with E-state index in [4.69, 9.17) is 4.74 Å². The van der Waals surface area contributed by atoms with Gasteiger partial charge in [-0.2, -0.15) is 0 Å². The average Bonchev–Trinajstić information content (AvgIpc) is 3.09. The monoisotopic (exact) mass is 346 g/mol. The van der Waals surface area contributed by atoms with Crippen LogP contribution in [0.3, 0.4) is 0 Å². The minimum Gasteiger partial charge on any atom is -0.497 e. The van der Waals surface area contributed by atoms with E-state index in [0.717, 1.165) is 42.5 Å². The summed E-state index contributed by atoms with van der Waals surface area (Å²) in [5, 5.41) is 7.74. The van der Waals surface area contributed by atoms with E-state index < -0.39 is 0 Å². The third-order valence-electron chi connectivity index (χ3n) is 3.67. The normalized spacial score (nSPS) is 11.4. The smallest absolute Gasteiger partial charge is 0.191 e. The minimum atomic E-state index is 0.711. The number of hydrogen-bond acceptors (Lipinski definition) is 4. The molecule has 0 amide bonds. The Labute approximate surface area is 148 Å². The zero-order valence-electron chi connectivity index (χ0n) is 14.6. The van der Waals surface area contributed by atoms with Crippen molar-refractivity contribution >= 4 is 17.3 Å². The van der Waals surface area contributed by atoms with E-state index >= 15 is 0 Å². The number of benzene rings is 1. The highest BCUT2D eigenvalue weighted by atomic mass is 32.1. The number of guanidine groups is 1. The van der Waals surface area contributed by atoms with E-state index in [2.05, 4.69) is 39.7 Å². The van der Waals surface area contributed by atoms with Gasteiger partial charge in [0.1, 0.15) is 10.8 Å². The van der Waals surface area contributed by atoms with Crippen LogP contribution in [-0.2, 0) is 19.4 Å². The Hall–Kier alpha value is -2.08. The fourth-order valence-electron chi connectivity index (χ4n) is 2.26. The molecule has 1 aromatic heterocycles. The highest BCUT2D eigenvalue weighted by Gasteiger charge is 2.02. The molecule has 5 nitrogen and oxygen atoms in total. The lowest BCUT2D eigenvalue weighted by Crippen LogP contribution is -2.37. The number of thiazole rings is 1. The summed E-state index contributed by atoms with van der Waals surface area (Å²) in [5.74, 6) is 1.72. The molecule has 130 valence electrons. The molecule has 24 heavy (non-hydrogen) atoms. The number of nitrogens with one attached hydrogen (secondary N) is 2. The van der Waals surface area contributed by atoms with Gasteiger partial charge in [0, 0.05) is 24.7 Å². The Bertz CT molecular complexity index is 637. The molecule has 0 radical (unpaired) electrons. The lowest BCUT2D eigenvalue weighted by Gasteiger charge is -2.11. The van der Waals surface area contributed by atoms with Crippen LogP contribution in [0.15, 0.2) is 35.5 Å². The molecule has 2 N–H and O–H groups in total. The van der Waals surface area contributed by atoms with E-state index in [1.807, 2.05) is 18.3 Å². The standard InChI is InChI=1S/C18H26N4OS/c1-4-16-12-21-17(24-16)13-22-18(19-2)20-11-5-6-14-7-9-15(23-3)10-8-14/h7-10,12H,4-6,11,13H2,1-3H3,(H2,19,20,22). The maximum absolute atomic E-state index is 5.17. The number of methoxy groups -OCH3 is 1. The summed E-state index contributed by atoms with van der Waals surface area (Å²) >= 11 is 1.75. The van der Waals surface area contributed by atoms with Gasteiger partial charge in [-0.15, -0.1) is 11.3 Å². The van der Waals surface area contributed by atoms with Gasteiger partial charge in [0.05, 0.1) is 13.7 Å². The quantitative estimate of drug-likeness (QED) is 0.438. The molecule has 0 unspecified atom stereocenters. The van der Waals surface area contributed by atoms with E-state index in [-0.39, 0.29) is 0 Å². The molecule has 0 aliphatic rings. The van der Waals surface area contributed by atoms with E-state index in [1.165, 1.54) is 10.4 Å². The van der Waals surface area contributed by atoms with Crippen molar-refractivity contribution in [2.45, 2.75) is 32.7 Å². The molecule has 0 saturated heterocycles. The molecule has 0 aliphatic heterocycles. The zero-order chi connectivity index (χ0) is 17.2. The van der Waals surface area contributed by atoms with Crippen molar-refractivity contribution in [3.8, 4) is 5.75 Å². The highest BCUT2D eigenvalue weighted by Crippen LogP contribution is 2.13. The summed E-state index contributed by atoms with van der Waals surface area (Å²) < 4.78 is 5.17. The Morgan fingerprint density at radius 3 is 2.67 bits per heavy atom.